The average Bonchev–Trinajstić information content (AvgIpc) is 2.86. The van der Waals surface area contributed by atoms with Crippen LogP contribution in [-0.2, 0) is 0 Å². The normalized spacial score (nSPS) is 19.4. The van der Waals surface area contributed by atoms with Crippen LogP contribution in [0.25, 0.3) is 0 Å². The molecule has 1 saturated heterocycles. The number of likely N-dealkylation sites (tertiary alicyclic amines) is 1. The highest BCUT2D eigenvalue weighted by Crippen LogP contribution is 2.20. The van der Waals surface area contributed by atoms with Crippen LogP contribution in [0.5, 0.6) is 0 Å². The van der Waals surface area contributed by atoms with Gasteiger partial charge in [-0.2, -0.15) is 0 Å². The van der Waals surface area contributed by atoms with Gasteiger partial charge in [0.1, 0.15) is 0 Å². The Balaban J connectivity index is 2.13. The van der Waals surface area contributed by atoms with Gasteiger partial charge in [0.25, 0.3) is 5.91 Å². The Morgan fingerprint density at radius 3 is 2.76 bits per heavy atom. The van der Waals surface area contributed by atoms with Gasteiger partial charge in [-0.05, 0) is 37.1 Å². The monoisotopic (exact) mass is 234 g/mol. The Bertz CT molecular complexity index is 389. The highest BCUT2D eigenvalue weighted by molar-refractivity contribution is 5.95. The summed E-state index contributed by atoms with van der Waals surface area (Å²) in [5, 5.41) is 12.2. The standard InChI is InChI=1S/C13H18N2O2/c1-14-11-6-4-10(5-7-11)13(17)15-8-2-3-12(15)9-16/h4-7,12,14,16H,2-3,8-9H2,1H3. The molecule has 4 nitrogen and oxygen atoms in total. The molecule has 1 aromatic carbocycles. The molecule has 2 N–H and O–H groups in total. The summed E-state index contributed by atoms with van der Waals surface area (Å²) in [6.07, 6.45) is 1.88. The van der Waals surface area contributed by atoms with Crippen LogP contribution >= 0.6 is 0 Å². The van der Waals surface area contributed by atoms with Crippen molar-refractivity contribution >= 4 is 11.6 Å². The van der Waals surface area contributed by atoms with Gasteiger partial charge in [-0.1, -0.05) is 0 Å². The van der Waals surface area contributed by atoms with Crippen molar-refractivity contribution in [3.05, 3.63) is 29.8 Å². The molecule has 1 atom stereocenters. The summed E-state index contributed by atoms with van der Waals surface area (Å²) in [5.41, 5.74) is 1.67. The summed E-state index contributed by atoms with van der Waals surface area (Å²) >= 11 is 0. The second-order valence-corrected chi connectivity index (χ2v) is 4.30. The van der Waals surface area contributed by atoms with Gasteiger partial charge in [-0.25, -0.2) is 0 Å². The Morgan fingerprint density at radius 1 is 1.47 bits per heavy atom. The number of carbonyl (C=O) groups excluding carboxylic acids is 1. The predicted octanol–water partition coefficient (Wildman–Crippen LogP) is 1.33. The molecule has 4 heteroatoms. The van der Waals surface area contributed by atoms with E-state index in [1.165, 1.54) is 0 Å². The van der Waals surface area contributed by atoms with Crippen LogP contribution in [0.1, 0.15) is 23.2 Å². The first-order chi connectivity index (χ1) is 8.26. The number of aliphatic hydroxyl groups is 1. The van der Waals surface area contributed by atoms with E-state index in [9.17, 15) is 9.90 Å². The third kappa shape index (κ3) is 2.42. The summed E-state index contributed by atoms with van der Waals surface area (Å²) in [6, 6.07) is 7.41. The smallest absolute Gasteiger partial charge is 0.254 e. The van der Waals surface area contributed by atoms with Gasteiger partial charge >= 0.3 is 0 Å². The minimum atomic E-state index is -0.00789. The van der Waals surface area contributed by atoms with E-state index in [2.05, 4.69) is 5.32 Å². The first-order valence-corrected chi connectivity index (χ1v) is 5.96. The zero-order chi connectivity index (χ0) is 12.3. The summed E-state index contributed by atoms with van der Waals surface area (Å²) in [6.45, 7) is 0.804. The van der Waals surface area contributed by atoms with Gasteiger partial charge in [-0.15, -0.1) is 0 Å². The van der Waals surface area contributed by atoms with Crippen LogP contribution in [0.4, 0.5) is 5.69 Å². The minimum Gasteiger partial charge on any atom is -0.394 e. The number of amides is 1. The molecule has 1 aromatic rings. The summed E-state index contributed by atoms with van der Waals surface area (Å²) in [5.74, 6) is 0.0178. The van der Waals surface area contributed by atoms with Crippen molar-refractivity contribution in [1.29, 1.82) is 0 Å². The fourth-order valence-corrected chi connectivity index (χ4v) is 2.24. The van der Waals surface area contributed by atoms with Crippen LogP contribution in [0, 0.1) is 0 Å². The molecule has 0 aromatic heterocycles. The Morgan fingerprint density at radius 2 is 2.18 bits per heavy atom. The zero-order valence-electron chi connectivity index (χ0n) is 10.0. The quantitative estimate of drug-likeness (QED) is 0.829. The number of aliphatic hydroxyl groups excluding tert-OH is 1. The lowest BCUT2D eigenvalue weighted by Gasteiger charge is -2.23. The van der Waals surface area contributed by atoms with E-state index in [0.29, 0.717) is 5.56 Å². The van der Waals surface area contributed by atoms with Crippen LogP contribution in [-0.4, -0.2) is 42.2 Å². The van der Waals surface area contributed by atoms with E-state index in [1.54, 1.807) is 4.90 Å². The Hall–Kier alpha value is -1.55. The van der Waals surface area contributed by atoms with Crippen LogP contribution in [0.15, 0.2) is 24.3 Å². The van der Waals surface area contributed by atoms with Gasteiger partial charge in [0, 0.05) is 24.8 Å². The number of carbonyl (C=O) groups is 1. The van der Waals surface area contributed by atoms with Crippen LogP contribution in [0.2, 0.25) is 0 Å². The van der Waals surface area contributed by atoms with Crippen molar-refractivity contribution in [3.63, 3.8) is 0 Å². The van der Waals surface area contributed by atoms with E-state index >= 15 is 0 Å². The maximum atomic E-state index is 12.2. The number of anilines is 1. The van der Waals surface area contributed by atoms with Crippen molar-refractivity contribution in [2.24, 2.45) is 0 Å². The minimum absolute atomic E-state index is 0.00789. The fourth-order valence-electron chi connectivity index (χ4n) is 2.24. The van der Waals surface area contributed by atoms with Crippen molar-refractivity contribution < 1.29 is 9.90 Å². The maximum Gasteiger partial charge on any atom is 0.254 e. The second-order valence-electron chi connectivity index (χ2n) is 4.30. The zero-order valence-corrected chi connectivity index (χ0v) is 10.0. The van der Waals surface area contributed by atoms with E-state index in [1.807, 2.05) is 31.3 Å². The topological polar surface area (TPSA) is 52.6 Å². The van der Waals surface area contributed by atoms with Gasteiger partial charge in [0.2, 0.25) is 0 Å². The number of benzene rings is 1. The molecule has 0 aliphatic carbocycles. The van der Waals surface area contributed by atoms with Crippen molar-refractivity contribution in [1.82, 2.24) is 4.90 Å². The first-order valence-electron chi connectivity index (χ1n) is 5.96. The van der Waals surface area contributed by atoms with E-state index < -0.39 is 0 Å². The molecule has 2 rings (SSSR count). The lowest BCUT2D eigenvalue weighted by atomic mass is 10.1. The van der Waals surface area contributed by atoms with Gasteiger partial charge < -0.3 is 15.3 Å². The molecule has 1 heterocycles. The van der Waals surface area contributed by atoms with E-state index in [4.69, 9.17) is 0 Å². The molecule has 17 heavy (non-hydrogen) atoms. The molecule has 0 spiro atoms. The molecule has 1 amide bonds. The first kappa shape index (κ1) is 11.9. The van der Waals surface area contributed by atoms with Crippen molar-refractivity contribution in [2.75, 3.05) is 25.5 Å². The molecule has 1 unspecified atom stereocenters. The SMILES string of the molecule is CNc1ccc(C(=O)N2CCCC2CO)cc1. The lowest BCUT2D eigenvalue weighted by molar-refractivity contribution is 0.0677. The van der Waals surface area contributed by atoms with Crippen molar-refractivity contribution in [3.8, 4) is 0 Å². The average molecular weight is 234 g/mol. The molecular weight excluding hydrogens is 216 g/mol. The third-order valence-electron chi connectivity index (χ3n) is 3.27. The van der Waals surface area contributed by atoms with Gasteiger partial charge in [-0.3, -0.25) is 4.79 Å². The molecule has 0 radical (unpaired) electrons. The van der Waals surface area contributed by atoms with E-state index in [0.717, 1.165) is 25.1 Å². The lowest BCUT2D eigenvalue weighted by Crippen LogP contribution is -2.37. The van der Waals surface area contributed by atoms with E-state index in [-0.39, 0.29) is 18.6 Å². The Labute approximate surface area is 101 Å². The molecule has 92 valence electrons. The summed E-state index contributed by atoms with van der Waals surface area (Å²) in [7, 11) is 1.85. The predicted molar refractivity (Wildman–Crippen MR) is 67.1 cm³/mol. The van der Waals surface area contributed by atoms with Crippen LogP contribution < -0.4 is 5.32 Å². The highest BCUT2D eigenvalue weighted by atomic mass is 16.3. The molecule has 1 fully saturated rings. The second kappa shape index (κ2) is 5.19. The summed E-state index contributed by atoms with van der Waals surface area (Å²) in [4.78, 5) is 14.0. The van der Waals surface area contributed by atoms with Gasteiger partial charge in [0.05, 0.1) is 12.6 Å². The number of hydrogen-bond acceptors (Lipinski definition) is 3. The fraction of sp³-hybridized carbons (Fsp3) is 0.462. The number of hydrogen-bond donors (Lipinski definition) is 2. The molecule has 1 aliphatic rings. The number of nitrogens with one attached hydrogen (secondary N) is 1. The van der Waals surface area contributed by atoms with Crippen LogP contribution in [0.3, 0.4) is 0 Å². The van der Waals surface area contributed by atoms with Crippen molar-refractivity contribution in [2.45, 2.75) is 18.9 Å². The third-order valence-corrected chi connectivity index (χ3v) is 3.27. The number of nitrogens with zero attached hydrogens (tertiary/aromatic N) is 1. The molecule has 0 bridgehead atoms. The molecular formula is C13H18N2O2. The summed E-state index contributed by atoms with van der Waals surface area (Å²) < 4.78 is 0. The largest absolute Gasteiger partial charge is 0.394 e. The highest BCUT2D eigenvalue weighted by Gasteiger charge is 2.28. The maximum absolute atomic E-state index is 12.2. The molecule has 1 aliphatic heterocycles. The Kier molecular flexibility index (Phi) is 3.64. The molecule has 0 saturated carbocycles. The van der Waals surface area contributed by atoms with Gasteiger partial charge in [0.15, 0.2) is 0 Å². The number of rotatable bonds is 3.